The second kappa shape index (κ2) is 5.73. The second-order valence-corrected chi connectivity index (χ2v) is 4.94. The lowest BCUT2D eigenvalue weighted by Crippen LogP contribution is -2.29. The predicted octanol–water partition coefficient (Wildman–Crippen LogP) is 2.60. The van der Waals surface area contributed by atoms with Crippen LogP contribution < -0.4 is 0 Å². The fourth-order valence-electron chi connectivity index (χ4n) is 1.59. The number of hydrogen-bond donors (Lipinski definition) is 0. The number of hydrogen-bond acceptors (Lipinski definition) is 3. The highest BCUT2D eigenvalue weighted by Gasteiger charge is 2.15. The zero-order chi connectivity index (χ0) is 13.0. The minimum atomic E-state index is -0.578. The summed E-state index contributed by atoms with van der Waals surface area (Å²) < 4.78 is 13.4. The molecular weight excluding hydrogens is 251 g/mol. The summed E-state index contributed by atoms with van der Waals surface area (Å²) in [6.07, 6.45) is 3.26. The van der Waals surface area contributed by atoms with E-state index in [0.29, 0.717) is 6.54 Å². The Hall–Kier alpha value is -1.75. The number of carbonyl (C=O) groups excluding carboxylic acids is 1. The zero-order valence-corrected chi connectivity index (χ0v) is 10.8. The van der Waals surface area contributed by atoms with Crippen molar-refractivity contribution < 1.29 is 9.18 Å². The van der Waals surface area contributed by atoms with E-state index in [2.05, 4.69) is 4.98 Å². The van der Waals surface area contributed by atoms with Crippen molar-refractivity contribution in [2.24, 2.45) is 0 Å². The number of halogens is 1. The molecule has 2 heterocycles. The monoisotopic (exact) mass is 264 g/mol. The molecule has 18 heavy (non-hydrogen) atoms. The molecule has 1 amide bonds. The van der Waals surface area contributed by atoms with Crippen LogP contribution in [0.5, 0.6) is 0 Å². The Kier molecular flexibility index (Phi) is 4.04. The van der Waals surface area contributed by atoms with E-state index in [9.17, 15) is 9.18 Å². The number of aromatic nitrogens is 1. The third kappa shape index (κ3) is 2.92. The Bertz CT molecular complexity index is 528. The summed E-state index contributed by atoms with van der Waals surface area (Å²) in [5.41, 5.74) is 0.0682. The highest BCUT2D eigenvalue weighted by atomic mass is 32.1. The van der Waals surface area contributed by atoms with Gasteiger partial charge in [-0.3, -0.25) is 9.78 Å². The van der Waals surface area contributed by atoms with Crippen molar-refractivity contribution in [3.8, 4) is 0 Å². The predicted molar refractivity (Wildman–Crippen MR) is 69.2 cm³/mol. The number of pyridine rings is 1. The van der Waals surface area contributed by atoms with E-state index in [0.717, 1.165) is 12.6 Å². The lowest BCUT2D eigenvalue weighted by molar-refractivity contribution is 0.0792. The number of rotatable bonds is 4. The SMILES string of the molecule is CN(CCc1cccs1)C(=O)c1ccncc1F. The van der Waals surface area contributed by atoms with Gasteiger partial charge in [-0.1, -0.05) is 6.07 Å². The molecule has 0 saturated carbocycles. The summed E-state index contributed by atoms with van der Waals surface area (Å²) in [5.74, 6) is -0.892. The van der Waals surface area contributed by atoms with Crippen LogP contribution in [0.2, 0.25) is 0 Å². The van der Waals surface area contributed by atoms with Gasteiger partial charge in [0.2, 0.25) is 0 Å². The summed E-state index contributed by atoms with van der Waals surface area (Å²) in [4.78, 5) is 18.4. The summed E-state index contributed by atoms with van der Waals surface area (Å²) >= 11 is 1.65. The quantitative estimate of drug-likeness (QED) is 0.850. The molecule has 5 heteroatoms. The van der Waals surface area contributed by atoms with Gasteiger partial charge in [0, 0.05) is 24.7 Å². The third-order valence-electron chi connectivity index (χ3n) is 2.62. The maximum Gasteiger partial charge on any atom is 0.256 e. The van der Waals surface area contributed by atoms with Gasteiger partial charge in [0.1, 0.15) is 0 Å². The van der Waals surface area contributed by atoms with Gasteiger partial charge in [-0.2, -0.15) is 0 Å². The third-order valence-corrected chi connectivity index (χ3v) is 3.56. The molecule has 0 radical (unpaired) electrons. The second-order valence-electron chi connectivity index (χ2n) is 3.91. The van der Waals surface area contributed by atoms with Gasteiger partial charge in [-0.15, -0.1) is 11.3 Å². The first-order valence-electron chi connectivity index (χ1n) is 5.56. The molecule has 2 aromatic heterocycles. The zero-order valence-electron chi connectivity index (χ0n) is 9.97. The Morgan fingerprint density at radius 1 is 1.50 bits per heavy atom. The number of nitrogens with zero attached hydrogens (tertiary/aromatic N) is 2. The van der Waals surface area contributed by atoms with Crippen molar-refractivity contribution in [1.29, 1.82) is 0 Å². The van der Waals surface area contributed by atoms with Crippen molar-refractivity contribution in [2.75, 3.05) is 13.6 Å². The van der Waals surface area contributed by atoms with Gasteiger partial charge in [-0.05, 0) is 23.9 Å². The Balaban J connectivity index is 1.99. The van der Waals surface area contributed by atoms with Gasteiger partial charge >= 0.3 is 0 Å². The van der Waals surface area contributed by atoms with E-state index in [-0.39, 0.29) is 11.5 Å². The summed E-state index contributed by atoms with van der Waals surface area (Å²) in [6.45, 7) is 0.571. The fraction of sp³-hybridized carbons (Fsp3) is 0.231. The molecule has 0 saturated heterocycles. The molecule has 0 aromatic carbocycles. The van der Waals surface area contributed by atoms with Crippen LogP contribution in [0.1, 0.15) is 15.2 Å². The highest BCUT2D eigenvalue weighted by molar-refractivity contribution is 7.09. The van der Waals surface area contributed by atoms with Crippen LogP contribution >= 0.6 is 11.3 Å². The fourth-order valence-corrected chi connectivity index (χ4v) is 2.29. The van der Waals surface area contributed by atoms with Gasteiger partial charge in [-0.25, -0.2) is 4.39 Å². The molecule has 0 aliphatic rings. The molecule has 0 unspecified atom stereocenters. The maximum absolute atomic E-state index is 13.4. The highest BCUT2D eigenvalue weighted by Crippen LogP contribution is 2.11. The van der Waals surface area contributed by atoms with Crippen LogP contribution in [0.15, 0.2) is 36.0 Å². The molecule has 0 bridgehead atoms. The van der Waals surface area contributed by atoms with Crippen molar-refractivity contribution in [3.05, 3.63) is 52.2 Å². The molecule has 2 aromatic rings. The van der Waals surface area contributed by atoms with Crippen molar-refractivity contribution in [2.45, 2.75) is 6.42 Å². The standard InChI is InChI=1S/C13H13FN2OS/c1-16(7-5-10-3-2-8-18-10)13(17)11-4-6-15-9-12(11)14/h2-4,6,8-9H,5,7H2,1H3. The Morgan fingerprint density at radius 3 is 3.00 bits per heavy atom. The van der Waals surface area contributed by atoms with E-state index >= 15 is 0 Å². The van der Waals surface area contributed by atoms with Gasteiger partial charge in [0.25, 0.3) is 5.91 Å². The van der Waals surface area contributed by atoms with Crippen molar-refractivity contribution in [3.63, 3.8) is 0 Å². The average molecular weight is 264 g/mol. The Labute approximate surface area is 109 Å². The lowest BCUT2D eigenvalue weighted by atomic mass is 10.2. The van der Waals surface area contributed by atoms with Crippen molar-refractivity contribution in [1.82, 2.24) is 9.88 Å². The molecule has 0 aliphatic carbocycles. The minimum absolute atomic E-state index is 0.0682. The number of likely N-dealkylation sites (N-methyl/N-ethyl adjacent to an activating group) is 1. The van der Waals surface area contributed by atoms with E-state index in [1.54, 1.807) is 18.4 Å². The molecule has 0 fully saturated rings. The average Bonchev–Trinajstić information content (AvgIpc) is 2.89. The molecule has 0 aliphatic heterocycles. The summed E-state index contributed by atoms with van der Waals surface area (Å²) in [7, 11) is 1.68. The van der Waals surface area contributed by atoms with Crippen LogP contribution in [0.4, 0.5) is 4.39 Å². The molecule has 0 atom stereocenters. The van der Waals surface area contributed by atoms with Gasteiger partial charge < -0.3 is 4.90 Å². The van der Waals surface area contributed by atoms with Gasteiger partial charge in [0.15, 0.2) is 5.82 Å². The van der Waals surface area contributed by atoms with Crippen LogP contribution in [-0.2, 0) is 6.42 Å². The van der Waals surface area contributed by atoms with E-state index in [1.807, 2.05) is 17.5 Å². The van der Waals surface area contributed by atoms with Crippen LogP contribution in [0, 0.1) is 5.82 Å². The number of thiophene rings is 1. The first-order valence-corrected chi connectivity index (χ1v) is 6.44. The molecule has 3 nitrogen and oxygen atoms in total. The summed E-state index contributed by atoms with van der Waals surface area (Å²) in [6, 6.07) is 5.40. The van der Waals surface area contributed by atoms with Crippen molar-refractivity contribution >= 4 is 17.2 Å². The molecule has 0 N–H and O–H groups in total. The van der Waals surface area contributed by atoms with Gasteiger partial charge in [0.05, 0.1) is 11.8 Å². The molecule has 2 rings (SSSR count). The first-order chi connectivity index (χ1) is 8.68. The first kappa shape index (κ1) is 12.7. The number of carbonyl (C=O) groups is 1. The van der Waals surface area contributed by atoms with Crippen LogP contribution in [0.25, 0.3) is 0 Å². The number of amides is 1. The normalized spacial score (nSPS) is 10.3. The van der Waals surface area contributed by atoms with Crippen LogP contribution in [0.3, 0.4) is 0 Å². The van der Waals surface area contributed by atoms with E-state index in [1.165, 1.54) is 22.0 Å². The smallest absolute Gasteiger partial charge is 0.256 e. The maximum atomic E-state index is 13.4. The largest absolute Gasteiger partial charge is 0.341 e. The summed E-state index contributed by atoms with van der Waals surface area (Å²) in [5, 5.41) is 2.00. The molecule has 0 spiro atoms. The van der Waals surface area contributed by atoms with E-state index in [4.69, 9.17) is 0 Å². The Morgan fingerprint density at radius 2 is 2.33 bits per heavy atom. The lowest BCUT2D eigenvalue weighted by Gasteiger charge is -2.16. The van der Waals surface area contributed by atoms with E-state index < -0.39 is 5.82 Å². The van der Waals surface area contributed by atoms with Crippen LogP contribution in [-0.4, -0.2) is 29.4 Å². The topological polar surface area (TPSA) is 33.2 Å². The molecule has 94 valence electrons. The minimum Gasteiger partial charge on any atom is -0.341 e. The molecular formula is C13H13FN2OS.